The van der Waals surface area contributed by atoms with Gasteiger partial charge < -0.3 is 18.9 Å². The van der Waals surface area contributed by atoms with Crippen molar-refractivity contribution in [1.82, 2.24) is 0 Å². The number of esters is 1. The number of hydrogen-bond donors (Lipinski definition) is 0. The van der Waals surface area contributed by atoms with E-state index in [-0.39, 0.29) is 22.9 Å². The number of methoxy groups -OCH3 is 3. The Balaban J connectivity index is 2.14. The predicted molar refractivity (Wildman–Crippen MR) is 97.0 cm³/mol. The Hall–Kier alpha value is -2.94. The number of para-hydroxylation sites is 2. The molecule has 27 heavy (non-hydrogen) atoms. The summed E-state index contributed by atoms with van der Waals surface area (Å²) in [4.78, 5) is 11.9. The lowest BCUT2D eigenvalue weighted by molar-refractivity contribution is -0.148. The van der Waals surface area contributed by atoms with E-state index >= 15 is 0 Å². The fraction of sp³-hybridized carbons (Fsp3) is 0.278. The quantitative estimate of drug-likeness (QED) is 0.716. The normalized spacial score (nSPS) is 16.1. The average Bonchev–Trinajstić information content (AvgIpc) is 2.71. The summed E-state index contributed by atoms with van der Waals surface area (Å²) >= 11 is 0. The highest BCUT2D eigenvalue weighted by molar-refractivity contribution is 7.93. The van der Waals surface area contributed by atoms with E-state index in [0.29, 0.717) is 11.4 Å². The van der Waals surface area contributed by atoms with Crippen molar-refractivity contribution in [3.8, 4) is 17.2 Å². The number of ether oxygens (including phenoxy) is 4. The maximum Gasteiger partial charge on any atom is 0.348 e. The van der Waals surface area contributed by atoms with Crippen molar-refractivity contribution in [2.45, 2.75) is 11.0 Å². The topological polar surface area (TPSA) is 91.4 Å². The molecule has 1 heterocycles. The van der Waals surface area contributed by atoms with E-state index < -0.39 is 22.1 Å². The first kappa shape index (κ1) is 18.8. The summed E-state index contributed by atoms with van der Waals surface area (Å²) in [6.07, 6.45) is -1.09. The fourth-order valence-electron chi connectivity index (χ4n) is 2.79. The maximum atomic E-state index is 13.4. The highest BCUT2D eigenvalue weighted by atomic mass is 32.2. The van der Waals surface area contributed by atoms with Crippen molar-refractivity contribution in [1.29, 1.82) is 0 Å². The lowest BCUT2D eigenvalue weighted by Crippen LogP contribution is -2.47. The lowest BCUT2D eigenvalue weighted by Gasteiger charge is -2.34. The third-order valence-corrected chi connectivity index (χ3v) is 5.94. The van der Waals surface area contributed by atoms with Crippen molar-refractivity contribution in [2.75, 3.05) is 32.2 Å². The van der Waals surface area contributed by atoms with Crippen LogP contribution in [0.3, 0.4) is 0 Å². The summed E-state index contributed by atoms with van der Waals surface area (Å²) in [6.45, 7) is -0.230. The van der Waals surface area contributed by atoms with E-state index in [2.05, 4.69) is 0 Å². The number of fused-ring (bicyclic) bond motifs is 1. The molecule has 0 N–H and O–H groups in total. The van der Waals surface area contributed by atoms with Crippen LogP contribution in [0.1, 0.15) is 0 Å². The van der Waals surface area contributed by atoms with Crippen LogP contribution in [-0.2, 0) is 19.6 Å². The van der Waals surface area contributed by atoms with Gasteiger partial charge in [0.1, 0.15) is 22.1 Å². The molecule has 0 spiro atoms. The summed E-state index contributed by atoms with van der Waals surface area (Å²) in [7, 11) is -0.0462. The molecule has 0 bridgehead atoms. The second-order valence-corrected chi connectivity index (χ2v) is 7.48. The molecule has 0 saturated heterocycles. The Bertz CT molecular complexity index is 958. The zero-order valence-corrected chi connectivity index (χ0v) is 15.9. The molecule has 2 aromatic carbocycles. The molecule has 0 fully saturated rings. The van der Waals surface area contributed by atoms with Gasteiger partial charge in [-0.15, -0.1) is 0 Å². The predicted octanol–water partition coefficient (Wildman–Crippen LogP) is 1.83. The first-order valence-electron chi connectivity index (χ1n) is 8.00. The summed E-state index contributed by atoms with van der Waals surface area (Å²) < 4.78 is 48.7. The zero-order chi connectivity index (χ0) is 19.6. The minimum Gasteiger partial charge on any atom is -0.497 e. The van der Waals surface area contributed by atoms with E-state index in [0.717, 1.165) is 4.31 Å². The number of nitrogens with zero attached hydrogens (tertiary/aromatic N) is 1. The van der Waals surface area contributed by atoms with Crippen molar-refractivity contribution >= 4 is 21.7 Å². The lowest BCUT2D eigenvalue weighted by atomic mass is 10.2. The molecule has 0 aliphatic carbocycles. The van der Waals surface area contributed by atoms with Crippen LogP contribution in [0, 0.1) is 0 Å². The van der Waals surface area contributed by atoms with Crippen LogP contribution in [0.15, 0.2) is 47.4 Å². The summed E-state index contributed by atoms with van der Waals surface area (Å²) in [5.74, 6) is 0.127. The van der Waals surface area contributed by atoms with Crippen molar-refractivity contribution in [3.63, 3.8) is 0 Å². The average molecular weight is 393 g/mol. The van der Waals surface area contributed by atoms with Crippen LogP contribution in [0.5, 0.6) is 17.2 Å². The Kier molecular flexibility index (Phi) is 5.13. The number of sulfonamides is 1. The molecule has 2 aromatic rings. The van der Waals surface area contributed by atoms with Gasteiger partial charge in [-0.25, -0.2) is 13.2 Å². The summed E-state index contributed by atoms with van der Waals surface area (Å²) in [5, 5.41) is 0. The third kappa shape index (κ3) is 3.37. The summed E-state index contributed by atoms with van der Waals surface area (Å²) in [6, 6.07) is 11.1. The molecule has 1 atom stereocenters. The molecule has 3 rings (SSSR count). The van der Waals surface area contributed by atoms with Gasteiger partial charge in [0, 0.05) is 6.07 Å². The van der Waals surface area contributed by atoms with Crippen LogP contribution in [-0.4, -0.2) is 48.4 Å². The van der Waals surface area contributed by atoms with Gasteiger partial charge in [-0.3, -0.25) is 4.31 Å². The minimum absolute atomic E-state index is 0.0790. The number of benzene rings is 2. The van der Waals surface area contributed by atoms with Gasteiger partial charge in [-0.1, -0.05) is 12.1 Å². The molecule has 0 saturated carbocycles. The van der Waals surface area contributed by atoms with Crippen molar-refractivity contribution < 1.29 is 32.2 Å². The van der Waals surface area contributed by atoms with E-state index in [1.807, 2.05) is 0 Å². The largest absolute Gasteiger partial charge is 0.497 e. The molecular formula is C18H19NO7S. The Morgan fingerprint density at radius 3 is 2.52 bits per heavy atom. The van der Waals surface area contributed by atoms with E-state index in [1.165, 1.54) is 33.5 Å². The van der Waals surface area contributed by atoms with Crippen LogP contribution in [0.4, 0.5) is 5.69 Å². The SMILES string of the molecule is COC(=O)[C@H]1CN(S(=O)(=O)c2cc(OC)ccc2OC)c2ccccc2O1. The van der Waals surface area contributed by atoms with Gasteiger partial charge in [0.2, 0.25) is 6.10 Å². The van der Waals surface area contributed by atoms with Gasteiger partial charge >= 0.3 is 5.97 Å². The number of carbonyl (C=O) groups is 1. The van der Waals surface area contributed by atoms with Crippen LogP contribution in [0.25, 0.3) is 0 Å². The second-order valence-electron chi connectivity index (χ2n) is 5.65. The smallest absolute Gasteiger partial charge is 0.348 e. The van der Waals surface area contributed by atoms with Gasteiger partial charge in [0.05, 0.1) is 33.6 Å². The van der Waals surface area contributed by atoms with Gasteiger partial charge in [0.15, 0.2) is 0 Å². The second kappa shape index (κ2) is 7.36. The first-order valence-corrected chi connectivity index (χ1v) is 9.44. The Labute approximate surface area is 157 Å². The third-order valence-electron chi connectivity index (χ3n) is 4.14. The van der Waals surface area contributed by atoms with Gasteiger partial charge in [-0.2, -0.15) is 0 Å². The standard InChI is InChI=1S/C18H19NO7S/c1-23-12-8-9-15(24-2)17(10-12)27(21,22)19-11-16(18(20)25-3)26-14-7-5-4-6-13(14)19/h4-10,16H,11H2,1-3H3/t16-/m1/s1. The highest BCUT2D eigenvalue weighted by Gasteiger charge is 2.39. The molecule has 144 valence electrons. The Morgan fingerprint density at radius 2 is 1.85 bits per heavy atom. The maximum absolute atomic E-state index is 13.4. The number of carbonyl (C=O) groups excluding carboxylic acids is 1. The van der Waals surface area contributed by atoms with Gasteiger partial charge in [-0.05, 0) is 24.3 Å². The molecule has 0 unspecified atom stereocenters. The van der Waals surface area contributed by atoms with E-state index in [9.17, 15) is 13.2 Å². The van der Waals surface area contributed by atoms with Crippen LogP contribution < -0.4 is 18.5 Å². The molecule has 1 aliphatic rings. The molecule has 9 heteroatoms. The highest BCUT2D eigenvalue weighted by Crippen LogP contribution is 2.39. The molecule has 0 radical (unpaired) electrons. The molecule has 0 amide bonds. The monoisotopic (exact) mass is 393 g/mol. The van der Waals surface area contributed by atoms with Crippen molar-refractivity contribution in [3.05, 3.63) is 42.5 Å². The Morgan fingerprint density at radius 1 is 1.11 bits per heavy atom. The van der Waals surface area contributed by atoms with Crippen LogP contribution in [0.2, 0.25) is 0 Å². The molecule has 8 nitrogen and oxygen atoms in total. The number of hydrogen-bond acceptors (Lipinski definition) is 7. The fourth-order valence-corrected chi connectivity index (χ4v) is 4.44. The van der Waals surface area contributed by atoms with Gasteiger partial charge in [0.25, 0.3) is 10.0 Å². The van der Waals surface area contributed by atoms with Crippen molar-refractivity contribution in [2.24, 2.45) is 0 Å². The van der Waals surface area contributed by atoms with E-state index in [1.54, 1.807) is 30.3 Å². The summed E-state index contributed by atoms with van der Waals surface area (Å²) in [5.41, 5.74) is 0.322. The number of rotatable bonds is 5. The number of anilines is 1. The van der Waals surface area contributed by atoms with Crippen LogP contribution >= 0.6 is 0 Å². The molecule has 0 aromatic heterocycles. The van der Waals surface area contributed by atoms with E-state index in [4.69, 9.17) is 18.9 Å². The molecular weight excluding hydrogens is 374 g/mol. The first-order chi connectivity index (χ1) is 12.9. The minimum atomic E-state index is -4.08. The zero-order valence-electron chi connectivity index (χ0n) is 15.0. The molecule has 1 aliphatic heterocycles.